The lowest BCUT2D eigenvalue weighted by atomic mass is 10.1. The predicted molar refractivity (Wildman–Crippen MR) is 132 cm³/mol. The maximum atomic E-state index is 13.5. The van der Waals surface area contributed by atoms with E-state index in [0.717, 1.165) is 21.5 Å². The normalized spacial score (nSPS) is 11.5. The number of sulfonamides is 1. The summed E-state index contributed by atoms with van der Waals surface area (Å²) in [5, 5.41) is 19.9. The Morgan fingerprint density at radius 3 is 2.09 bits per heavy atom. The van der Waals surface area contributed by atoms with Crippen molar-refractivity contribution in [2.75, 3.05) is 10.8 Å². The van der Waals surface area contributed by atoms with E-state index < -0.39 is 21.7 Å². The van der Waals surface area contributed by atoms with Gasteiger partial charge < -0.3 is 14.9 Å². The number of carboxylic acids is 1. The van der Waals surface area contributed by atoms with Crippen LogP contribution in [-0.2, 0) is 10.0 Å². The molecule has 0 radical (unpaired) electrons. The molecule has 0 spiro atoms. The van der Waals surface area contributed by atoms with Gasteiger partial charge in [-0.25, -0.2) is 13.2 Å². The van der Waals surface area contributed by atoms with Crippen LogP contribution < -0.4 is 9.04 Å². The van der Waals surface area contributed by atoms with Crippen molar-refractivity contribution in [2.24, 2.45) is 5.92 Å². The zero-order chi connectivity index (χ0) is 25.2. The minimum Gasteiger partial charge on any atom is -0.507 e. The number of hydrogen-bond acceptors (Lipinski definition) is 5. The molecule has 0 aliphatic heterocycles. The number of hydrogen-bond donors (Lipinski definition) is 2. The third-order valence-electron chi connectivity index (χ3n) is 5.09. The molecule has 34 heavy (non-hydrogen) atoms. The molecule has 3 aromatic rings. The van der Waals surface area contributed by atoms with Crippen LogP contribution in [0.15, 0.2) is 59.5 Å². The van der Waals surface area contributed by atoms with E-state index in [9.17, 15) is 18.3 Å². The standard InChI is InChI=1S/C25H26ClNO6S/c1-15(2)14-27(18-5-10-22(25(29)30)23(28)13-18)34(31,32)21-8-6-19(7-9-21)33-20-11-16(3)24(26)17(4)12-20/h5-13,15,28H,14H2,1-4H3,(H,29,30). The summed E-state index contributed by atoms with van der Waals surface area (Å²) in [4.78, 5) is 11.2. The fraction of sp³-hybridized carbons (Fsp3) is 0.240. The molecule has 0 aromatic heterocycles. The Bertz CT molecular complexity index is 1300. The van der Waals surface area contributed by atoms with Crippen LogP contribution in [0.3, 0.4) is 0 Å². The van der Waals surface area contributed by atoms with E-state index in [0.29, 0.717) is 16.5 Å². The summed E-state index contributed by atoms with van der Waals surface area (Å²) in [7, 11) is -4.01. The Labute approximate surface area is 204 Å². The average Bonchev–Trinajstić information content (AvgIpc) is 2.75. The van der Waals surface area contributed by atoms with Gasteiger partial charge in [-0.3, -0.25) is 4.31 Å². The van der Waals surface area contributed by atoms with Crippen molar-refractivity contribution in [3.05, 3.63) is 76.3 Å². The second kappa shape index (κ2) is 9.95. The Hall–Kier alpha value is -3.23. The first-order chi connectivity index (χ1) is 15.9. The Kier molecular flexibility index (Phi) is 7.43. The highest BCUT2D eigenvalue weighted by molar-refractivity contribution is 7.92. The van der Waals surface area contributed by atoms with E-state index in [4.69, 9.17) is 21.4 Å². The third kappa shape index (κ3) is 5.46. The smallest absolute Gasteiger partial charge is 0.339 e. The van der Waals surface area contributed by atoms with E-state index in [1.54, 1.807) is 24.3 Å². The third-order valence-corrected chi connectivity index (χ3v) is 7.49. The number of aryl methyl sites for hydroxylation is 2. The molecule has 0 aliphatic rings. The van der Waals surface area contributed by atoms with Crippen LogP contribution in [-0.4, -0.2) is 31.1 Å². The second-order valence-corrected chi connectivity index (χ2v) is 10.6. The number of nitrogens with zero attached hydrogens (tertiary/aromatic N) is 1. The molecule has 0 amide bonds. The van der Waals surface area contributed by atoms with Crippen molar-refractivity contribution >= 4 is 33.3 Å². The van der Waals surface area contributed by atoms with Crippen molar-refractivity contribution in [1.29, 1.82) is 0 Å². The van der Waals surface area contributed by atoms with Gasteiger partial charge >= 0.3 is 5.97 Å². The second-order valence-electron chi connectivity index (χ2n) is 8.38. The molecule has 0 bridgehead atoms. The van der Waals surface area contributed by atoms with Crippen molar-refractivity contribution in [3.63, 3.8) is 0 Å². The molecule has 0 heterocycles. The van der Waals surface area contributed by atoms with E-state index in [1.165, 1.54) is 24.3 Å². The molecule has 0 fully saturated rings. The molecule has 2 N–H and O–H groups in total. The van der Waals surface area contributed by atoms with Crippen molar-refractivity contribution in [3.8, 4) is 17.2 Å². The van der Waals surface area contributed by atoms with Crippen molar-refractivity contribution < 1.29 is 28.2 Å². The Morgan fingerprint density at radius 2 is 1.59 bits per heavy atom. The number of ether oxygens (including phenoxy) is 1. The molecule has 7 nitrogen and oxygen atoms in total. The summed E-state index contributed by atoms with van der Waals surface area (Å²) < 4.78 is 34.0. The molecule has 3 rings (SSSR count). The van der Waals surface area contributed by atoms with Crippen LogP contribution in [0.1, 0.15) is 35.3 Å². The van der Waals surface area contributed by atoms with Crippen LogP contribution in [0, 0.1) is 19.8 Å². The number of aromatic hydroxyl groups is 1. The van der Waals surface area contributed by atoms with E-state index >= 15 is 0 Å². The van der Waals surface area contributed by atoms with Gasteiger partial charge in [0.15, 0.2) is 0 Å². The molecule has 3 aromatic carbocycles. The van der Waals surface area contributed by atoms with Crippen LogP contribution >= 0.6 is 11.6 Å². The Morgan fingerprint density at radius 1 is 1.00 bits per heavy atom. The van der Waals surface area contributed by atoms with Crippen LogP contribution in [0.5, 0.6) is 17.2 Å². The summed E-state index contributed by atoms with van der Waals surface area (Å²) in [5.41, 5.74) is 1.61. The molecule has 180 valence electrons. The number of carboxylic acid groups (broad SMARTS) is 1. The van der Waals surface area contributed by atoms with Crippen LogP contribution in [0.4, 0.5) is 5.69 Å². The van der Waals surface area contributed by atoms with Crippen LogP contribution in [0.25, 0.3) is 0 Å². The first-order valence-corrected chi connectivity index (χ1v) is 12.4. The highest BCUT2D eigenvalue weighted by Gasteiger charge is 2.27. The highest BCUT2D eigenvalue weighted by Crippen LogP contribution is 2.32. The largest absolute Gasteiger partial charge is 0.507 e. The summed E-state index contributed by atoms with van der Waals surface area (Å²) in [6.07, 6.45) is 0. The lowest BCUT2D eigenvalue weighted by molar-refractivity contribution is 0.0693. The summed E-state index contributed by atoms with van der Waals surface area (Å²) in [5.74, 6) is -0.797. The predicted octanol–water partition coefficient (Wildman–Crippen LogP) is 6.00. The zero-order valence-electron chi connectivity index (χ0n) is 19.2. The molecule has 0 unspecified atom stereocenters. The molecule has 0 atom stereocenters. The van der Waals surface area contributed by atoms with Gasteiger partial charge in [-0.05, 0) is 79.4 Å². The van der Waals surface area contributed by atoms with E-state index in [2.05, 4.69) is 0 Å². The maximum absolute atomic E-state index is 13.5. The number of benzene rings is 3. The molecule has 0 aliphatic carbocycles. The van der Waals surface area contributed by atoms with Gasteiger partial charge in [-0.15, -0.1) is 0 Å². The zero-order valence-corrected chi connectivity index (χ0v) is 20.8. The monoisotopic (exact) mass is 503 g/mol. The highest BCUT2D eigenvalue weighted by atomic mass is 35.5. The maximum Gasteiger partial charge on any atom is 0.339 e. The number of rotatable bonds is 8. The summed E-state index contributed by atoms with van der Waals surface area (Å²) in [6.45, 7) is 7.61. The number of anilines is 1. The fourth-order valence-corrected chi connectivity index (χ4v) is 5.17. The van der Waals surface area contributed by atoms with Gasteiger partial charge in [-0.1, -0.05) is 25.4 Å². The number of carbonyl (C=O) groups is 1. The number of phenols is 1. The van der Waals surface area contributed by atoms with Gasteiger partial charge in [0, 0.05) is 17.6 Å². The lowest BCUT2D eigenvalue weighted by Crippen LogP contribution is -2.34. The minimum absolute atomic E-state index is 0.0324. The summed E-state index contributed by atoms with van der Waals surface area (Å²) >= 11 is 6.20. The molecule has 0 saturated carbocycles. The molecular weight excluding hydrogens is 478 g/mol. The van der Waals surface area contributed by atoms with E-state index in [1.807, 2.05) is 27.7 Å². The minimum atomic E-state index is -4.01. The average molecular weight is 504 g/mol. The van der Waals surface area contributed by atoms with Gasteiger partial charge in [-0.2, -0.15) is 0 Å². The quantitative estimate of drug-likeness (QED) is 0.390. The summed E-state index contributed by atoms with van der Waals surface area (Å²) in [6, 6.07) is 13.3. The lowest BCUT2D eigenvalue weighted by Gasteiger charge is -2.26. The van der Waals surface area contributed by atoms with Crippen molar-refractivity contribution in [2.45, 2.75) is 32.6 Å². The number of aromatic carboxylic acids is 1. The Balaban J connectivity index is 1.93. The van der Waals surface area contributed by atoms with Crippen LogP contribution in [0.2, 0.25) is 5.02 Å². The van der Waals surface area contributed by atoms with Gasteiger partial charge in [0.05, 0.1) is 10.6 Å². The fourth-order valence-electron chi connectivity index (χ4n) is 3.44. The van der Waals surface area contributed by atoms with Gasteiger partial charge in [0.2, 0.25) is 0 Å². The van der Waals surface area contributed by atoms with Gasteiger partial charge in [0.1, 0.15) is 22.8 Å². The SMILES string of the molecule is Cc1cc(Oc2ccc(S(=O)(=O)N(CC(C)C)c3ccc(C(=O)O)c(O)c3)cc2)cc(C)c1Cl. The molecular formula is C25H26ClNO6S. The van der Waals surface area contributed by atoms with E-state index in [-0.39, 0.29) is 28.6 Å². The topological polar surface area (TPSA) is 104 Å². The molecule has 0 saturated heterocycles. The molecule has 9 heteroatoms. The first-order valence-electron chi connectivity index (χ1n) is 10.5. The van der Waals surface area contributed by atoms with Gasteiger partial charge in [0.25, 0.3) is 10.0 Å². The van der Waals surface area contributed by atoms with Crippen molar-refractivity contribution in [1.82, 2.24) is 0 Å². The first kappa shape index (κ1) is 25.4. The number of halogens is 1.